The molecule has 0 bridgehead atoms. The molecule has 1 aliphatic heterocycles. The Labute approximate surface area is 230 Å². The molecule has 40 heavy (non-hydrogen) atoms. The number of hydrogen-bond acceptors (Lipinski definition) is 8. The Kier molecular flexibility index (Phi) is 11.6. The molecule has 2 aromatic rings. The average Bonchev–Trinajstić information content (AvgIpc) is 2.86. The predicted molar refractivity (Wildman–Crippen MR) is 140 cm³/mol. The van der Waals surface area contributed by atoms with Crippen molar-refractivity contribution in [3.8, 4) is 0 Å². The normalized spacial score (nSPS) is 14.9. The molecule has 1 fully saturated rings. The molecular weight excluding hydrogens is 527 g/mol. The molecule has 12 nitrogen and oxygen atoms in total. The summed E-state index contributed by atoms with van der Waals surface area (Å²) in [7, 11) is 0. The Bertz CT molecular complexity index is 1150. The Balaban J connectivity index is 0.000000366. The lowest BCUT2D eigenvalue weighted by molar-refractivity contribution is -0.170. The number of hydrogen-bond donors (Lipinski definition) is 5. The van der Waals surface area contributed by atoms with Crippen LogP contribution in [0.15, 0.2) is 36.7 Å². The zero-order valence-corrected chi connectivity index (χ0v) is 22.5. The fraction of sp³-hybridized carbons (Fsp3) is 0.481. The van der Waals surface area contributed by atoms with E-state index < -0.39 is 41.9 Å². The second-order valence-electron chi connectivity index (χ2n) is 9.78. The molecule has 3 rings (SSSR count). The van der Waals surface area contributed by atoms with E-state index in [1.54, 1.807) is 12.1 Å². The summed E-state index contributed by atoms with van der Waals surface area (Å²) >= 11 is 0. The van der Waals surface area contributed by atoms with Crippen LogP contribution in [0.4, 0.5) is 4.39 Å². The van der Waals surface area contributed by atoms with Crippen molar-refractivity contribution < 1.29 is 44.0 Å². The third-order valence-electron chi connectivity index (χ3n) is 6.45. The first kappa shape index (κ1) is 32.2. The number of nitrogens with one attached hydrogen (secondary N) is 1. The molecule has 1 amide bonds. The van der Waals surface area contributed by atoms with Gasteiger partial charge in [-0.2, -0.15) is 0 Å². The van der Waals surface area contributed by atoms with Gasteiger partial charge >= 0.3 is 17.9 Å². The summed E-state index contributed by atoms with van der Waals surface area (Å²) in [6.07, 6.45) is 5.05. The van der Waals surface area contributed by atoms with Crippen molar-refractivity contribution in [1.29, 1.82) is 0 Å². The first-order valence-corrected chi connectivity index (χ1v) is 12.7. The summed E-state index contributed by atoms with van der Waals surface area (Å²) in [6, 6.07) is 6.48. The van der Waals surface area contributed by atoms with Crippen LogP contribution in [-0.2, 0) is 37.7 Å². The van der Waals surface area contributed by atoms with Crippen molar-refractivity contribution >= 4 is 23.8 Å². The number of halogens is 1. The summed E-state index contributed by atoms with van der Waals surface area (Å²) in [4.78, 5) is 53.5. The van der Waals surface area contributed by atoms with Crippen LogP contribution in [0.25, 0.3) is 0 Å². The summed E-state index contributed by atoms with van der Waals surface area (Å²) in [5.74, 6) is -4.45. The predicted octanol–water partition coefficient (Wildman–Crippen LogP) is 1.95. The van der Waals surface area contributed by atoms with Gasteiger partial charge in [0.1, 0.15) is 11.6 Å². The van der Waals surface area contributed by atoms with Crippen LogP contribution in [0.1, 0.15) is 62.9 Å². The van der Waals surface area contributed by atoms with Gasteiger partial charge in [-0.3, -0.25) is 19.3 Å². The molecule has 0 unspecified atom stereocenters. The molecule has 2 heterocycles. The molecule has 1 saturated heterocycles. The third-order valence-corrected chi connectivity index (χ3v) is 6.45. The molecule has 1 aliphatic rings. The third kappa shape index (κ3) is 9.65. The Morgan fingerprint density at radius 2 is 1.52 bits per heavy atom. The number of carbonyl (C=O) groups is 4. The molecule has 0 radical (unpaired) electrons. The van der Waals surface area contributed by atoms with E-state index in [1.807, 2.05) is 12.4 Å². The monoisotopic (exact) mass is 562 g/mol. The number of aliphatic hydroxyl groups is 1. The van der Waals surface area contributed by atoms with Crippen molar-refractivity contribution in [2.24, 2.45) is 0 Å². The lowest BCUT2D eigenvalue weighted by Crippen LogP contribution is -2.52. The number of likely N-dealkylation sites (tertiary alicyclic amines) is 1. The number of benzene rings is 1. The van der Waals surface area contributed by atoms with Crippen LogP contribution in [0.5, 0.6) is 0 Å². The second-order valence-corrected chi connectivity index (χ2v) is 9.78. The van der Waals surface area contributed by atoms with Gasteiger partial charge in [0.25, 0.3) is 0 Å². The van der Waals surface area contributed by atoms with Crippen LogP contribution in [-0.4, -0.2) is 77.8 Å². The molecule has 1 aromatic heterocycles. The number of aromatic nitrogens is 2. The van der Waals surface area contributed by atoms with E-state index in [4.69, 9.17) is 20.4 Å². The maximum absolute atomic E-state index is 13.3. The fourth-order valence-electron chi connectivity index (χ4n) is 4.47. The van der Waals surface area contributed by atoms with Gasteiger partial charge in [-0.05, 0) is 37.0 Å². The minimum Gasteiger partial charge on any atom is -0.481 e. The maximum Gasteiger partial charge on any atom is 0.336 e. The first-order valence-electron chi connectivity index (χ1n) is 12.7. The molecule has 13 heteroatoms. The number of carboxylic acids is 3. The quantitative estimate of drug-likeness (QED) is 0.269. The summed E-state index contributed by atoms with van der Waals surface area (Å²) < 4.78 is 13.3. The Hall–Kier alpha value is -3.97. The zero-order chi connectivity index (χ0) is 29.9. The highest BCUT2D eigenvalue weighted by Crippen LogP contribution is 2.33. The average molecular weight is 563 g/mol. The van der Waals surface area contributed by atoms with Crippen molar-refractivity contribution in [1.82, 2.24) is 20.2 Å². The van der Waals surface area contributed by atoms with Gasteiger partial charge in [0.2, 0.25) is 5.91 Å². The first-order chi connectivity index (χ1) is 18.8. The van der Waals surface area contributed by atoms with Gasteiger partial charge in [-0.25, -0.2) is 19.2 Å². The van der Waals surface area contributed by atoms with E-state index in [0.717, 1.165) is 62.3 Å². The summed E-state index contributed by atoms with van der Waals surface area (Å²) in [5, 5.41) is 36.9. The summed E-state index contributed by atoms with van der Waals surface area (Å²) in [6.45, 7) is 6.13. The van der Waals surface area contributed by atoms with Crippen LogP contribution >= 0.6 is 0 Å². The summed E-state index contributed by atoms with van der Waals surface area (Å²) in [5.41, 5.74) is -1.11. The number of aliphatic carboxylic acids is 3. The van der Waals surface area contributed by atoms with Gasteiger partial charge in [-0.1, -0.05) is 19.1 Å². The lowest BCUT2D eigenvalue weighted by Gasteiger charge is -2.42. The maximum atomic E-state index is 13.3. The highest BCUT2D eigenvalue weighted by atomic mass is 19.1. The van der Waals surface area contributed by atoms with Crippen molar-refractivity contribution in [2.75, 3.05) is 13.1 Å². The zero-order valence-electron chi connectivity index (χ0n) is 22.5. The van der Waals surface area contributed by atoms with Crippen LogP contribution < -0.4 is 5.32 Å². The van der Waals surface area contributed by atoms with Crippen molar-refractivity contribution in [2.45, 2.75) is 70.1 Å². The van der Waals surface area contributed by atoms with Crippen LogP contribution in [0, 0.1) is 5.82 Å². The van der Waals surface area contributed by atoms with E-state index >= 15 is 0 Å². The van der Waals surface area contributed by atoms with Crippen molar-refractivity contribution in [3.05, 3.63) is 59.4 Å². The van der Waals surface area contributed by atoms with E-state index in [-0.39, 0.29) is 11.7 Å². The number of rotatable bonds is 11. The molecule has 5 N–H and O–H groups in total. The van der Waals surface area contributed by atoms with Gasteiger partial charge in [0, 0.05) is 50.9 Å². The lowest BCUT2D eigenvalue weighted by atomic mass is 9.80. The molecule has 0 spiro atoms. The highest BCUT2D eigenvalue weighted by Gasteiger charge is 2.41. The SMILES string of the molecule is CCCc1ncc(CN2CCC(NC(C)=O)(c3ccc(F)cc3)CC2)cn1.O=C(O)CC(O)(CC(=O)O)C(=O)O. The molecule has 0 atom stereocenters. The number of nitrogens with zero attached hydrogens (tertiary/aromatic N) is 3. The van der Waals surface area contributed by atoms with Crippen LogP contribution in [0.3, 0.4) is 0 Å². The van der Waals surface area contributed by atoms with Gasteiger partial charge in [0.05, 0.1) is 18.4 Å². The number of aryl methyl sites for hydroxylation is 1. The second kappa shape index (κ2) is 14.4. The van der Waals surface area contributed by atoms with E-state index in [9.17, 15) is 23.6 Å². The van der Waals surface area contributed by atoms with Gasteiger partial charge in [0.15, 0.2) is 5.60 Å². The topological polar surface area (TPSA) is 190 Å². The van der Waals surface area contributed by atoms with E-state index in [2.05, 4.69) is 27.1 Å². The molecule has 0 saturated carbocycles. The molecule has 1 aromatic carbocycles. The molecule has 218 valence electrons. The number of amides is 1. The van der Waals surface area contributed by atoms with E-state index in [1.165, 1.54) is 19.1 Å². The minimum absolute atomic E-state index is 0.0623. The fourth-order valence-corrected chi connectivity index (χ4v) is 4.47. The van der Waals surface area contributed by atoms with E-state index in [0.29, 0.717) is 0 Å². The highest BCUT2D eigenvalue weighted by molar-refractivity contribution is 5.88. The molecule has 0 aliphatic carbocycles. The Morgan fingerprint density at radius 1 is 1.00 bits per heavy atom. The number of carboxylic acid groups (broad SMARTS) is 3. The standard InChI is InChI=1S/C21H27FN4O.C6H8O7/c1-3-4-20-23-13-17(14-24-20)15-26-11-9-21(10-12-26,25-16(2)27)18-5-7-19(22)8-6-18;7-3(8)1-6(13,5(11)12)2-4(9)10/h5-8,13-14H,3-4,9-12,15H2,1-2H3,(H,25,27);13H,1-2H2,(H,7,8)(H,9,10)(H,11,12). The van der Waals surface area contributed by atoms with Gasteiger partial charge in [-0.15, -0.1) is 0 Å². The molecular formula is C27H35FN4O8. The number of piperidine rings is 1. The largest absolute Gasteiger partial charge is 0.481 e. The minimum atomic E-state index is -2.74. The van der Waals surface area contributed by atoms with Crippen LogP contribution in [0.2, 0.25) is 0 Å². The Morgan fingerprint density at radius 3 is 1.95 bits per heavy atom. The number of carbonyl (C=O) groups excluding carboxylic acids is 1. The smallest absolute Gasteiger partial charge is 0.336 e. The van der Waals surface area contributed by atoms with Crippen molar-refractivity contribution in [3.63, 3.8) is 0 Å². The van der Waals surface area contributed by atoms with Gasteiger partial charge < -0.3 is 25.7 Å².